The molecule has 7 nitrogen and oxygen atoms in total. The zero-order chi connectivity index (χ0) is 13.5. The van der Waals surface area contributed by atoms with E-state index in [0.29, 0.717) is 18.2 Å². The van der Waals surface area contributed by atoms with E-state index in [4.69, 9.17) is 0 Å². The predicted octanol–water partition coefficient (Wildman–Crippen LogP) is -0.222. The van der Waals surface area contributed by atoms with Gasteiger partial charge in [0.15, 0.2) is 0 Å². The fourth-order valence-corrected chi connectivity index (χ4v) is 0.569. The number of carbonyl (C=O) groups is 3. The molecule has 0 saturated heterocycles. The van der Waals surface area contributed by atoms with Crippen LogP contribution in [0.4, 0.5) is 0 Å². The highest BCUT2D eigenvalue weighted by Crippen LogP contribution is 2.13. The number of aliphatic hydroxyl groups is 1. The summed E-state index contributed by atoms with van der Waals surface area (Å²) in [7, 11) is 0. The van der Waals surface area contributed by atoms with Crippen molar-refractivity contribution in [2.75, 3.05) is 0 Å². The van der Waals surface area contributed by atoms with Crippen LogP contribution < -0.4 is 0 Å². The van der Waals surface area contributed by atoms with Gasteiger partial charge in [-0.2, -0.15) is 0 Å². The van der Waals surface area contributed by atoms with Crippen molar-refractivity contribution >= 4 is 17.9 Å². The first-order chi connectivity index (χ1) is 7.86. The smallest absolute Gasteiger partial charge is 0.360 e. The van der Waals surface area contributed by atoms with Gasteiger partial charge in [-0.05, 0) is 0 Å². The lowest BCUT2D eigenvalue weighted by Gasteiger charge is -2.23. The highest BCUT2D eigenvalue weighted by molar-refractivity contribution is 5.84. The molecule has 0 aromatic rings. The molecule has 0 saturated carbocycles. The summed E-state index contributed by atoms with van der Waals surface area (Å²) in [5, 5.41) is 9.44. The maximum atomic E-state index is 10.8. The zero-order valence-electron chi connectivity index (χ0n) is 8.75. The largest absolute Gasteiger partial charge is 0.564 e. The van der Waals surface area contributed by atoms with E-state index < -0.39 is 24.1 Å². The SMILES string of the molecule is C=CC(=O)OC(O)(OC(=O)C=C)OC(=O)C=C. The van der Waals surface area contributed by atoms with E-state index in [0.717, 1.165) is 0 Å². The molecule has 17 heavy (non-hydrogen) atoms. The van der Waals surface area contributed by atoms with Gasteiger partial charge in [0.05, 0.1) is 0 Å². The molecule has 0 spiro atoms. The average Bonchev–Trinajstić information content (AvgIpc) is 2.27. The summed E-state index contributed by atoms with van der Waals surface area (Å²) in [5.41, 5.74) is 0. The van der Waals surface area contributed by atoms with Gasteiger partial charge in [0, 0.05) is 18.2 Å². The summed E-state index contributed by atoms with van der Waals surface area (Å²) < 4.78 is 12.4. The monoisotopic (exact) mass is 242 g/mol. The third kappa shape index (κ3) is 5.28. The van der Waals surface area contributed by atoms with E-state index in [1.165, 1.54) is 0 Å². The van der Waals surface area contributed by atoms with Gasteiger partial charge in [-0.3, -0.25) is 5.11 Å². The highest BCUT2D eigenvalue weighted by Gasteiger charge is 2.41. The van der Waals surface area contributed by atoms with Gasteiger partial charge in [-0.15, -0.1) is 0 Å². The molecule has 92 valence electrons. The second-order valence-corrected chi connectivity index (χ2v) is 2.40. The molecule has 0 aliphatic carbocycles. The molecule has 0 radical (unpaired) electrons. The van der Waals surface area contributed by atoms with Gasteiger partial charge in [-0.25, -0.2) is 14.4 Å². The molecule has 0 aromatic heterocycles. The van der Waals surface area contributed by atoms with E-state index in [1.807, 2.05) is 0 Å². The second-order valence-electron chi connectivity index (χ2n) is 2.40. The van der Waals surface area contributed by atoms with Crippen molar-refractivity contribution < 1.29 is 33.7 Å². The minimum absolute atomic E-state index is 0.661. The maximum Gasteiger partial charge on any atom is 0.564 e. The van der Waals surface area contributed by atoms with Gasteiger partial charge in [0.2, 0.25) is 0 Å². The number of rotatable bonds is 6. The lowest BCUT2D eigenvalue weighted by Crippen LogP contribution is -2.43. The van der Waals surface area contributed by atoms with Gasteiger partial charge in [0.25, 0.3) is 0 Å². The van der Waals surface area contributed by atoms with Gasteiger partial charge in [-0.1, -0.05) is 19.7 Å². The number of carbonyl (C=O) groups excluding carboxylic acids is 3. The molecule has 0 aliphatic rings. The molecular formula is C10H10O7. The lowest BCUT2D eigenvalue weighted by molar-refractivity contribution is -0.429. The summed E-state index contributed by atoms with van der Waals surface area (Å²) in [6.45, 7) is 9.11. The zero-order valence-corrected chi connectivity index (χ0v) is 8.75. The average molecular weight is 242 g/mol. The fourth-order valence-electron chi connectivity index (χ4n) is 0.569. The Morgan fingerprint density at radius 2 is 1.06 bits per heavy atom. The van der Waals surface area contributed by atoms with Crippen molar-refractivity contribution in [3.63, 3.8) is 0 Å². The third-order valence-corrected chi connectivity index (χ3v) is 1.19. The predicted molar refractivity (Wildman–Crippen MR) is 53.8 cm³/mol. The molecular weight excluding hydrogens is 232 g/mol. The van der Waals surface area contributed by atoms with Crippen LogP contribution in [0.25, 0.3) is 0 Å². The van der Waals surface area contributed by atoms with Crippen LogP contribution in [0.5, 0.6) is 0 Å². The van der Waals surface area contributed by atoms with Crippen LogP contribution in [0.1, 0.15) is 0 Å². The summed E-state index contributed by atoms with van der Waals surface area (Å²) >= 11 is 0. The van der Waals surface area contributed by atoms with E-state index in [-0.39, 0.29) is 0 Å². The quantitative estimate of drug-likeness (QED) is 0.390. The minimum Gasteiger partial charge on any atom is -0.360 e. The minimum atomic E-state index is -3.19. The number of esters is 3. The number of ether oxygens (including phenoxy) is 3. The summed E-state index contributed by atoms with van der Waals surface area (Å²) in [6.07, 6.45) is -1.21. The van der Waals surface area contributed by atoms with Crippen molar-refractivity contribution in [1.29, 1.82) is 0 Å². The van der Waals surface area contributed by atoms with Crippen LogP contribution in [0.15, 0.2) is 38.0 Å². The molecule has 1 N–H and O–H groups in total. The Morgan fingerprint density at radius 1 is 0.824 bits per heavy atom. The van der Waals surface area contributed by atoms with Crippen LogP contribution in [0.2, 0.25) is 0 Å². The Morgan fingerprint density at radius 3 is 1.24 bits per heavy atom. The maximum absolute atomic E-state index is 10.8. The molecule has 7 heteroatoms. The van der Waals surface area contributed by atoms with E-state index >= 15 is 0 Å². The molecule has 0 aromatic carbocycles. The Hall–Kier alpha value is -2.41. The van der Waals surface area contributed by atoms with Crippen LogP contribution in [0.3, 0.4) is 0 Å². The standard InChI is InChI=1S/C10H10O7/c1-4-7(11)15-10(14,16-8(12)5-2)17-9(13)6-3/h4-6,14H,1-3H2. The Labute approximate surface area is 96.6 Å². The molecule has 0 fully saturated rings. The lowest BCUT2D eigenvalue weighted by atomic mass is 10.6. The summed E-state index contributed by atoms with van der Waals surface area (Å²) in [5.74, 6) is -3.54. The normalized spacial score (nSPS) is 9.71. The van der Waals surface area contributed by atoms with E-state index in [2.05, 4.69) is 33.9 Å². The molecule has 0 bridgehead atoms. The van der Waals surface area contributed by atoms with E-state index in [1.54, 1.807) is 0 Å². The second kappa shape index (κ2) is 6.23. The molecule has 0 rings (SSSR count). The van der Waals surface area contributed by atoms with Crippen molar-refractivity contribution in [1.82, 2.24) is 0 Å². The van der Waals surface area contributed by atoms with Crippen molar-refractivity contribution in [3.8, 4) is 0 Å². The first kappa shape index (κ1) is 14.6. The van der Waals surface area contributed by atoms with Crippen LogP contribution in [-0.4, -0.2) is 29.2 Å². The fraction of sp³-hybridized carbons (Fsp3) is 0.100. The van der Waals surface area contributed by atoms with Crippen LogP contribution >= 0.6 is 0 Å². The van der Waals surface area contributed by atoms with Crippen molar-refractivity contribution in [2.24, 2.45) is 0 Å². The Balaban J connectivity index is 4.90. The van der Waals surface area contributed by atoms with Crippen molar-refractivity contribution in [3.05, 3.63) is 38.0 Å². The highest BCUT2D eigenvalue weighted by atomic mass is 17.0. The molecule has 0 aliphatic heterocycles. The summed E-state index contributed by atoms with van der Waals surface area (Å²) in [6, 6.07) is 0. The Bertz CT molecular complexity index is 314. The summed E-state index contributed by atoms with van der Waals surface area (Å²) in [4.78, 5) is 32.5. The number of hydrogen-bond acceptors (Lipinski definition) is 7. The van der Waals surface area contributed by atoms with Crippen LogP contribution in [0, 0.1) is 0 Å². The molecule has 0 heterocycles. The molecule has 0 atom stereocenters. The van der Waals surface area contributed by atoms with Gasteiger partial charge >= 0.3 is 24.1 Å². The van der Waals surface area contributed by atoms with Gasteiger partial charge < -0.3 is 14.2 Å². The van der Waals surface area contributed by atoms with Crippen molar-refractivity contribution in [2.45, 2.75) is 6.16 Å². The topological polar surface area (TPSA) is 99.1 Å². The van der Waals surface area contributed by atoms with Gasteiger partial charge in [0.1, 0.15) is 0 Å². The third-order valence-electron chi connectivity index (χ3n) is 1.19. The molecule has 0 unspecified atom stereocenters. The number of hydrogen-bond donors (Lipinski definition) is 1. The Kier molecular flexibility index (Phi) is 5.35. The molecule has 0 amide bonds. The van der Waals surface area contributed by atoms with Crippen LogP contribution in [-0.2, 0) is 28.6 Å². The first-order valence-electron chi connectivity index (χ1n) is 4.15. The van der Waals surface area contributed by atoms with E-state index in [9.17, 15) is 19.5 Å². The first-order valence-corrected chi connectivity index (χ1v) is 4.15.